The van der Waals surface area contributed by atoms with Crippen LogP contribution in [0.4, 0.5) is 5.69 Å². The van der Waals surface area contributed by atoms with Gasteiger partial charge in [-0.3, -0.25) is 14.5 Å². The topological polar surface area (TPSA) is 61.9 Å². The lowest BCUT2D eigenvalue weighted by atomic mass is 9.89. The Hall–Kier alpha value is -1.92. The number of morpholine rings is 1. The number of amides is 2. The summed E-state index contributed by atoms with van der Waals surface area (Å²) in [5, 5.41) is 2.94. The smallest absolute Gasteiger partial charge is 0.250 e. The van der Waals surface area contributed by atoms with Gasteiger partial charge < -0.3 is 15.0 Å². The number of fused-ring (bicyclic) bond motifs is 1. The number of rotatable bonds is 6. The number of anilines is 1. The van der Waals surface area contributed by atoms with Crippen molar-refractivity contribution in [3.63, 3.8) is 0 Å². The molecule has 3 rings (SSSR count). The van der Waals surface area contributed by atoms with Crippen molar-refractivity contribution in [2.45, 2.75) is 91.9 Å². The van der Waals surface area contributed by atoms with Gasteiger partial charge in [0.25, 0.3) is 0 Å². The molecular formula is C26H45N3O3. The number of ether oxygens (including phenoxy) is 1. The van der Waals surface area contributed by atoms with E-state index in [4.69, 9.17) is 4.74 Å². The number of aryl methyl sites for hydroxylation is 1. The van der Waals surface area contributed by atoms with Crippen molar-refractivity contribution in [1.29, 1.82) is 0 Å². The van der Waals surface area contributed by atoms with Crippen LogP contribution in [0.2, 0.25) is 0 Å². The summed E-state index contributed by atoms with van der Waals surface area (Å²) >= 11 is 0. The van der Waals surface area contributed by atoms with Crippen LogP contribution >= 0.6 is 0 Å². The first-order valence-electron chi connectivity index (χ1n) is 12.5. The van der Waals surface area contributed by atoms with E-state index in [9.17, 15) is 9.59 Å². The molecule has 3 atom stereocenters. The maximum atomic E-state index is 13.0. The van der Waals surface area contributed by atoms with Crippen molar-refractivity contribution in [2.24, 2.45) is 0 Å². The third-order valence-electron chi connectivity index (χ3n) is 5.82. The first kappa shape index (κ1) is 28.1. The molecule has 1 aliphatic carbocycles. The first-order valence-corrected chi connectivity index (χ1v) is 12.5. The minimum absolute atomic E-state index is 0.0388. The molecule has 0 radical (unpaired) electrons. The van der Waals surface area contributed by atoms with Gasteiger partial charge in [-0.1, -0.05) is 59.6 Å². The molecule has 1 saturated heterocycles. The largest absolute Gasteiger partial charge is 0.362 e. The van der Waals surface area contributed by atoms with Gasteiger partial charge in [0, 0.05) is 31.9 Å². The fraction of sp³-hybridized carbons (Fsp3) is 0.692. The van der Waals surface area contributed by atoms with E-state index in [2.05, 4.69) is 10.2 Å². The zero-order valence-corrected chi connectivity index (χ0v) is 21.3. The maximum absolute atomic E-state index is 13.0. The lowest BCUT2D eigenvalue weighted by Crippen LogP contribution is -2.61. The second kappa shape index (κ2) is 15.0. The Morgan fingerprint density at radius 1 is 1.16 bits per heavy atom. The van der Waals surface area contributed by atoms with Crippen LogP contribution in [0, 0.1) is 6.92 Å². The molecule has 2 amide bonds. The van der Waals surface area contributed by atoms with Gasteiger partial charge in [0.2, 0.25) is 11.8 Å². The van der Waals surface area contributed by atoms with Crippen LogP contribution in [0.25, 0.3) is 0 Å². The molecule has 6 nitrogen and oxygen atoms in total. The first-order chi connectivity index (χ1) is 15.5. The van der Waals surface area contributed by atoms with E-state index < -0.39 is 6.10 Å². The Kier molecular flexibility index (Phi) is 13.2. The quantitative estimate of drug-likeness (QED) is 0.695. The molecular weight excluding hydrogens is 402 g/mol. The third kappa shape index (κ3) is 7.89. The van der Waals surface area contributed by atoms with Gasteiger partial charge in [-0.15, -0.1) is 0 Å². The molecule has 1 aliphatic heterocycles. The van der Waals surface area contributed by atoms with E-state index in [0.29, 0.717) is 19.6 Å². The lowest BCUT2D eigenvalue weighted by molar-refractivity contribution is -0.162. The Morgan fingerprint density at radius 3 is 2.50 bits per heavy atom. The Balaban J connectivity index is 0.00000121. The van der Waals surface area contributed by atoms with Crippen molar-refractivity contribution >= 4 is 17.5 Å². The average Bonchev–Trinajstić information content (AvgIpc) is 2.84. The molecule has 3 unspecified atom stereocenters. The molecule has 0 spiro atoms. The van der Waals surface area contributed by atoms with Crippen LogP contribution in [0.1, 0.15) is 72.3 Å². The second-order valence-electron chi connectivity index (χ2n) is 8.03. The minimum Gasteiger partial charge on any atom is -0.362 e. The number of likely N-dealkylation sites (N-methyl/N-ethyl adjacent to an activating group) is 1. The SMILES string of the molecule is CC.CC.CCCNC(=O)C1CN(CC(=O)N(C)c2cccc(C)c2)C2CCCCC2O1. The normalized spacial score (nSPS) is 22.3. The molecule has 1 heterocycles. The number of benzene rings is 1. The van der Waals surface area contributed by atoms with E-state index in [1.807, 2.05) is 72.9 Å². The zero-order chi connectivity index (χ0) is 24.1. The van der Waals surface area contributed by atoms with Crippen molar-refractivity contribution < 1.29 is 14.3 Å². The number of nitrogens with zero attached hydrogens (tertiary/aromatic N) is 2. The van der Waals surface area contributed by atoms with Gasteiger partial charge in [-0.05, 0) is 43.9 Å². The highest BCUT2D eigenvalue weighted by atomic mass is 16.5. The van der Waals surface area contributed by atoms with E-state index in [-0.39, 0.29) is 24.0 Å². The van der Waals surface area contributed by atoms with Gasteiger partial charge in [-0.2, -0.15) is 0 Å². The van der Waals surface area contributed by atoms with Crippen LogP contribution in [0.15, 0.2) is 24.3 Å². The van der Waals surface area contributed by atoms with E-state index in [1.54, 1.807) is 4.90 Å². The summed E-state index contributed by atoms with van der Waals surface area (Å²) < 4.78 is 6.14. The van der Waals surface area contributed by atoms with E-state index in [0.717, 1.165) is 43.4 Å². The number of carbonyl (C=O) groups excluding carboxylic acids is 2. The molecule has 0 bridgehead atoms. The van der Waals surface area contributed by atoms with Crippen molar-refractivity contribution in [1.82, 2.24) is 10.2 Å². The van der Waals surface area contributed by atoms with Crippen LogP contribution < -0.4 is 10.2 Å². The van der Waals surface area contributed by atoms with Gasteiger partial charge >= 0.3 is 0 Å². The highest BCUT2D eigenvalue weighted by molar-refractivity contribution is 5.94. The molecule has 6 heteroatoms. The fourth-order valence-corrected chi connectivity index (χ4v) is 4.21. The van der Waals surface area contributed by atoms with Gasteiger partial charge in [-0.25, -0.2) is 0 Å². The standard InChI is InChI=1S/C22H33N3O3.2C2H6/c1-4-12-23-22(27)20-14-25(18-10-5-6-11-19(18)28-20)15-21(26)24(3)17-9-7-8-16(2)13-17;2*1-2/h7-9,13,18-20H,4-6,10-12,14-15H2,1-3H3,(H,23,27);2*1-2H3. The molecule has 0 aromatic heterocycles. The van der Waals surface area contributed by atoms with Crippen LogP contribution in [0.5, 0.6) is 0 Å². The van der Waals surface area contributed by atoms with Crippen molar-refractivity contribution in [3.8, 4) is 0 Å². The second-order valence-corrected chi connectivity index (χ2v) is 8.03. The van der Waals surface area contributed by atoms with Crippen LogP contribution in [-0.2, 0) is 14.3 Å². The summed E-state index contributed by atoms with van der Waals surface area (Å²) in [6.45, 7) is 13.5. The van der Waals surface area contributed by atoms with E-state index in [1.165, 1.54) is 0 Å². The molecule has 1 aromatic rings. The number of hydrogen-bond donors (Lipinski definition) is 1. The summed E-state index contributed by atoms with van der Waals surface area (Å²) in [6.07, 6.45) is 4.69. The van der Waals surface area contributed by atoms with Crippen LogP contribution in [0.3, 0.4) is 0 Å². The Morgan fingerprint density at radius 2 is 1.84 bits per heavy atom. The summed E-state index contributed by atoms with van der Waals surface area (Å²) in [7, 11) is 1.82. The van der Waals surface area contributed by atoms with Crippen molar-refractivity contribution in [3.05, 3.63) is 29.8 Å². The Bertz CT molecular complexity index is 695. The van der Waals surface area contributed by atoms with Crippen LogP contribution in [-0.4, -0.2) is 61.6 Å². The lowest BCUT2D eigenvalue weighted by Gasteiger charge is -2.46. The molecule has 2 aliphatic rings. The highest BCUT2D eigenvalue weighted by Crippen LogP contribution is 2.30. The molecule has 1 saturated carbocycles. The van der Waals surface area contributed by atoms with Gasteiger partial charge in [0.15, 0.2) is 0 Å². The van der Waals surface area contributed by atoms with E-state index >= 15 is 0 Å². The zero-order valence-electron chi connectivity index (χ0n) is 21.3. The summed E-state index contributed by atoms with van der Waals surface area (Å²) in [4.78, 5) is 29.4. The molecule has 182 valence electrons. The predicted molar refractivity (Wildman–Crippen MR) is 133 cm³/mol. The highest BCUT2D eigenvalue weighted by Gasteiger charge is 2.41. The number of hydrogen-bond acceptors (Lipinski definition) is 4. The molecule has 32 heavy (non-hydrogen) atoms. The third-order valence-corrected chi connectivity index (χ3v) is 5.82. The Labute approximate surface area is 195 Å². The van der Waals surface area contributed by atoms with Crippen molar-refractivity contribution in [2.75, 3.05) is 31.6 Å². The summed E-state index contributed by atoms with van der Waals surface area (Å²) in [5.41, 5.74) is 2.03. The summed E-state index contributed by atoms with van der Waals surface area (Å²) in [5.74, 6) is -0.0140. The molecule has 1 aromatic carbocycles. The monoisotopic (exact) mass is 447 g/mol. The van der Waals surface area contributed by atoms with Gasteiger partial charge in [0.05, 0.1) is 12.6 Å². The molecule has 1 N–H and O–H groups in total. The van der Waals surface area contributed by atoms with Gasteiger partial charge in [0.1, 0.15) is 6.10 Å². The maximum Gasteiger partial charge on any atom is 0.250 e. The predicted octanol–water partition coefficient (Wildman–Crippen LogP) is 4.55. The summed E-state index contributed by atoms with van der Waals surface area (Å²) in [6, 6.07) is 8.18. The number of carbonyl (C=O) groups is 2. The fourth-order valence-electron chi connectivity index (χ4n) is 4.21. The average molecular weight is 448 g/mol. The number of nitrogens with one attached hydrogen (secondary N) is 1. The molecule has 2 fully saturated rings. The minimum atomic E-state index is -0.497.